The molecule has 3 N–H and O–H groups in total. The van der Waals surface area contributed by atoms with Gasteiger partial charge in [0.15, 0.2) is 0 Å². The molecule has 2 unspecified atom stereocenters. The van der Waals surface area contributed by atoms with Crippen LogP contribution in [-0.2, 0) is 19.1 Å². The van der Waals surface area contributed by atoms with Gasteiger partial charge in [0.25, 0.3) is 0 Å². The highest BCUT2D eigenvalue weighted by molar-refractivity contribution is 5.86. The Morgan fingerprint density at radius 3 is 2.28 bits per heavy atom. The number of aliphatic carboxylic acids is 1. The minimum absolute atomic E-state index is 0.0621. The SMILES string of the molecule is CC[C@H](NC(=O)C1COCC1NC(=O)OCC1c2ccccc2-c2ccccc21)C(=O)O. The molecular formula is C24H26N2O6. The highest BCUT2D eigenvalue weighted by Gasteiger charge is 2.37. The molecule has 1 fully saturated rings. The van der Waals surface area contributed by atoms with Gasteiger partial charge in [-0.3, -0.25) is 4.79 Å². The average Bonchev–Trinajstić information content (AvgIpc) is 3.38. The Morgan fingerprint density at radius 1 is 1.06 bits per heavy atom. The minimum Gasteiger partial charge on any atom is -0.480 e. The van der Waals surface area contributed by atoms with Crippen LogP contribution < -0.4 is 10.6 Å². The minimum atomic E-state index is -1.10. The third-order valence-electron chi connectivity index (χ3n) is 6.09. The van der Waals surface area contributed by atoms with Gasteiger partial charge in [0, 0.05) is 5.92 Å². The summed E-state index contributed by atoms with van der Waals surface area (Å²) in [6.07, 6.45) is -0.371. The quantitative estimate of drug-likeness (QED) is 0.612. The topological polar surface area (TPSA) is 114 Å². The summed E-state index contributed by atoms with van der Waals surface area (Å²) in [5.41, 5.74) is 4.51. The van der Waals surface area contributed by atoms with Crippen LogP contribution in [0, 0.1) is 5.92 Å². The predicted octanol–water partition coefficient (Wildman–Crippen LogP) is 2.52. The van der Waals surface area contributed by atoms with Crippen LogP contribution >= 0.6 is 0 Å². The fourth-order valence-electron chi connectivity index (χ4n) is 4.36. The van der Waals surface area contributed by atoms with Crippen molar-refractivity contribution < 1.29 is 29.0 Å². The number of carboxylic acid groups (broad SMARTS) is 1. The number of fused-ring (bicyclic) bond motifs is 3. The lowest BCUT2D eigenvalue weighted by atomic mass is 9.98. The summed E-state index contributed by atoms with van der Waals surface area (Å²) in [6, 6.07) is 14.6. The van der Waals surface area contributed by atoms with Crippen molar-refractivity contribution >= 4 is 18.0 Å². The van der Waals surface area contributed by atoms with Crippen LogP contribution in [0.2, 0.25) is 0 Å². The highest BCUT2D eigenvalue weighted by Crippen LogP contribution is 2.44. The summed E-state index contributed by atoms with van der Waals surface area (Å²) in [5.74, 6) is -2.29. The first-order valence-corrected chi connectivity index (χ1v) is 10.7. The summed E-state index contributed by atoms with van der Waals surface area (Å²) in [7, 11) is 0. The number of amides is 2. The van der Waals surface area contributed by atoms with Gasteiger partial charge >= 0.3 is 12.1 Å². The van der Waals surface area contributed by atoms with Crippen LogP contribution in [0.4, 0.5) is 4.79 Å². The molecule has 168 valence electrons. The van der Waals surface area contributed by atoms with E-state index in [-0.39, 0.29) is 32.2 Å². The van der Waals surface area contributed by atoms with Crippen molar-refractivity contribution in [3.8, 4) is 11.1 Å². The second-order valence-electron chi connectivity index (χ2n) is 8.03. The molecule has 4 rings (SSSR count). The first-order chi connectivity index (χ1) is 15.5. The molecular weight excluding hydrogens is 412 g/mol. The fraction of sp³-hybridized carbons (Fsp3) is 0.375. The second-order valence-corrected chi connectivity index (χ2v) is 8.03. The Hall–Kier alpha value is -3.39. The van der Waals surface area contributed by atoms with Crippen molar-refractivity contribution in [3.05, 3.63) is 59.7 Å². The van der Waals surface area contributed by atoms with Gasteiger partial charge in [0.05, 0.1) is 25.2 Å². The van der Waals surface area contributed by atoms with Crippen LogP contribution in [-0.4, -0.2) is 55.0 Å². The van der Waals surface area contributed by atoms with Crippen molar-refractivity contribution in [2.24, 2.45) is 5.92 Å². The maximum absolute atomic E-state index is 12.5. The number of nitrogens with one attached hydrogen (secondary N) is 2. The van der Waals surface area contributed by atoms with Crippen molar-refractivity contribution in [2.75, 3.05) is 19.8 Å². The van der Waals surface area contributed by atoms with E-state index < -0.39 is 36.0 Å². The first-order valence-electron chi connectivity index (χ1n) is 10.7. The van der Waals surface area contributed by atoms with Gasteiger partial charge in [0.2, 0.25) is 5.91 Å². The van der Waals surface area contributed by atoms with Gasteiger partial charge in [0.1, 0.15) is 12.6 Å². The Morgan fingerprint density at radius 2 is 1.69 bits per heavy atom. The van der Waals surface area contributed by atoms with E-state index in [1.165, 1.54) is 0 Å². The Bertz CT molecular complexity index is 978. The average molecular weight is 438 g/mol. The largest absolute Gasteiger partial charge is 0.480 e. The Kier molecular flexibility index (Phi) is 6.41. The standard InChI is InChI=1S/C24H26N2O6/c1-2-20(23(28)29)25-22(27)19-11-31-13-21(19)26-24(30)32-12-18-16-9-5-3-7-14(16)15-8-4-6-10-17(15)18/h3-10,18-21H,2,11-13H2,1H3,(H,25,27)(H,26,30)(H,28,29)/t19?,20-,21?/m0/s1. The number of benzene rings is 2. The highest BCUT2D eigenvalue weighted by atomic mass is 16.5. The van der Waals surface area contributed by atoms with Gasteiger partial charge in [-0.15, -0.1) is 0 Å². The summed E-state index contributed by atoms with van der Waals surface area (Å²) in [6.45, 7) is 2.11. The zero-order valence-corrected chi connectivity index (χ0v) is 17.7. The molecule has 1 heterocycles. The number of ether oxygens (including phenoxy) is 2. The van der Waals surface area contributed by atoms with E-state index in [2.05, 4.69) is 22.8 Å². The van der Waals surface area contributed by atoms with E-state index in [0.717, 1.165) is 22.3 Å². The molecule has 8 heteroatoms. The molecule has 1 aliphatic carbocycles. The lowest BCUT2D eigenvalue weighted by Gasteiger charge is -2.21. The van der Waals surface area contributed by atoms with Gasteiger partial charge < -0.3 is 25.2 Å². The molecule has 0 aromatic heterocycles. The third kappa shape index (κ3) is 4.31. The predicted molar refractivity (Wildman–Crippen MR) is 116 cm³/mol. The third-order valence-corrected chi connectivity index (χ3v) is 6.09. The summed E-state index contributed by atoms with van der Waals surface area (Å²) in [5, 5.41) is 14.4. The lowest BCUT2D eigenvalue weighted by Crippen LogP contribution is -2.50. The van der Waals surface area contributed by atoms with Gasteiger partial charge in [-0.2, -0.15) is 0 Å². The molecule has 0 radical (unpaired) electrons. The smallest absolute Gasteiger partial charge is 0.407 e. The molecule has 1 aliphatic heterocycles. The molecule has 2 aromatic carbocycles. The molecule has 0 saturated carbocycles. The molecule has 3 atom stereocenters. The summed E-state index contributed by atoms with van der Waals surface area (Å²) >= 11 is 0. The molecule has 32 heavy (non-hydrogen) atoms. The zero-order valence-electron chi connectivity index (χ0n) is 17.7. The Labute approximate surface area is 185 Å². The van der Waals surface area contributed by atoms with Gasteiger partial charge in [-0.05, 0) is 28.7 Å². The van der Waals surface area contributed by atoms with Gasteiger partial charge in [-0.25, -0.2) is 9.59 Å². The van der Waals surface area contributed by atoms with E-state index in [1.807, 2.05) is 36.4 Å². The van der Waals surface area contributed by atoms with Crippen LogP contribution in [0.25, 0.3) is 11.1 Å². The van der Waals surface area contributed by atoms with E-state index >= 15 is 0 Å². The van der Waals surface area contributed by atoms with Gasteiger partial charge in [-0.1, -0.05) is 55.5 Å². The number of alkyl carbamates (subject to hydrolysis) is 1. The van der Waals surface area contributed by atoms with Crippen LogP contribution in [0.5, 0.6) is 0 Å². The number of hydrogen-bond acceptors (Lipinski definition) is 5. The molecule has 8 nitrogen and oxygen atoms in total. The van der Waals surface area contributed by atoms with E-state index in [4.69, 9.17) is 14.6 Å². The molecule has 1 saturated heterocycles. The number of hydrogen-bond donors (Lipinski definition) is 3. The Balaban J connectivity index is 1.37. The molecule has 0 spiro atoms. The first kappa shape index (κ1) is 21.8. The van der Waals surface area contributed by atoms with Crippen molar-refractivity contribution in [3.63, 3.8) is 0 Å². The maximum Gasteiger partial charge on any atom is 0.407 e. The number of carbonyl (C=O) groups excluding carboxylic acids is 2. The number of carboxylic acids is 1. The van der Waals surface area contributed by atoms with E-state index in [9.17, 15) is 14.4 Å². The van der Waals surface area contributed by atoms with Crippen molar-refractivity contribution in [1.29, 1.82) is 0 Å². The molecule has 2 aromatic rings. The van der Waals surface area contributed by atoms with Crippen LogP contribution in [0.3, 0.4) is 0 Å². The second kappa shape index (κ2) is 9.40. The fourth-order valence-corrected chi connectivity index (χ4v) is 4.36. The monoisotopic (exact) mass is 438 g/mol. The van der Waals surface area contributed by atoms with Crippen molar-refractivity contribution in [2.45, 2.75) is 31.3 Å². The van der Waals surface area contributed by atoms with Crippen molar-refractivity contribution in [1.82, 2.24) is 10.6 Å². The number of rotatable bonds is 7. The lowest BCUT2D eigenvalue weighted by molar-refractivity contribution is -0.142. The molecule has 0 bridgehead atoms. The van der Waals surface area contributed by atoms with Crippen LogP contribution in [0.1, 0.15) is 30.4 Å². The molecule has 2 aliphatic rings. The summed E-state index contributed by atoms with van der Waals surface area (Å²) in [4.78, 5) is 36.2. The van der Waals surface area contributed by atoms with Crippen LogP contribution in [0.15, 0.2) is 48.5 Å². The molecule has 2 amide bonds. The zero-order chi connectivity index (χ0) is 22.7. The normalized spacial score (nSPS) is 20.2. The van der Waals surface area contributed by atoms with E-state index in [0.29, 0.717) is 0 Å². The summed E-state index contributed by atoms with van der Waals surface area (Å²) < 4.78 is 10.9. The maximum atomic E-state index is 12.5. The van der Waals surface area contributed by atoms with E-state index in [1.54, 1.807) is 6.92 Å². The number of carbonyl (C=O) groups is 3.